The van der Waals surface area contributed by atoms with Gasteiger partial charge < -0.3 is 44.2 Å². The zero-order chi connectivity index (χ0) is 51.8. The first-order valence-corrected chi connectivity index (χ1v) is 26.2. The first-order valence-electron chi connectivity index (χ1n) is 21.7. The molecule has 380 valence electrons. The van der Waals surface area contributed by atoms with Crippen LogP contribution in [0.4, 0.5) is 5.69 Å². The first kappa shape index (κ1) is 59.3. The number of rotatable bonds is 15. The van der Waals surface area contributed by atoms with E-state index in [0.717, 1.165) is 48.3 Å². The summed E-state index contributed by atoms with van der Waals surface area (Å²) >= 11 is 29.3. The Labute approximate surface area is 427 Å². The lowest BCUT2D eigenvalue weighted by Gasteiger charge is -2.31. The third kappa shape index (κ3) is 17.1. The van der Waals surface area contributed by atoms with Gasteiger partial charge in [0.2, 0.25) is 5.91 Å². The fourth-order valence-corrected chi connectivity index (χ4v) is 8.86. The van der Waals surface area contributed by atoms with E-state index in [9.17, 15) is 23.7 Å². The summed E-state index contributed by atoms with van der Waals surface area (Å²) in [6.07, 6.45) is 10.1. The molecule has 4 unspecified atom stereocenters. The smallest absolute Gasteiger partial charge is 0.350 e. The highest BCUT2D eigenvalue weighted by atomic mass is 35.5. The molecular weight excluding hydrogens is 1020 g/mol. The Kier molecular flexibility index (Phi) is 23.6. The summed E-state index contributed by atoms with van der Waals surface area (Å²) in [5, 5.41) is 13.3. The minimum Gasteiger partial charge on any atom is -0.480 e. The first-order chi connectivity index (χ1) is 32.4. The van der Waals surface area contributed by atoms with Crippen molar-refractivity contribution >= 4 is 88.8 Å². The minimum atomic E-state index is -3.10. The number of hydrogen-bond acceptors (Lipinski definition) is 11. The lowest BCUT2D eigenvalue weighted by Crippen LogP contribution is -2.45. The highest BCUT2D eigenvalue weighted by Crippen LogP contribution is 2.38. The molecule has 4 N–H and O–H groups in total. The topological polar surface area (TPSA) is 222 Å². The number of aromatic nitrogens is 3. The molecule has 2 aromatic carbocycles. The second kappa shape index (κ2) is 27.5. The van der Waals surface area contributed by atoms with Crippen LogP contribution in [0.5, 0.6) is 5.75 Å². The van der Waals surface area contributed by atoms with Crippen LogP contribution in [0.2, 0.25) is 10.0 Å². The number of carboxylic acids is 1. The number of methoxy groups -OCH3 is 1. The van der Waals surface area contributed by atoms with E-state index in [2.05, 4.69) is 24.0 Å². The molecule has 1 fully saturated rings. The Morgan fingerprint density at radius 3 is 2.39 bits per heavy atom. The molecule has 23 heteroatoms. The van der Waals surface area contributed by atoms with Gasteiger partial charge in [0.05, 0.1) is 46.9 Å². The van der Waals surface area contributed by atoms with Crippen LogP contribution in [0.3, 0.4) is 0 Å². The van der Waals surface area contributed by atoms with Gasteiger partial charge in [-0.05, 0) is 82.7 Å². The summed E-state index contributed by atoms with van der Waals surface area (Å²) in [6.45, 7) is 12.5. The summed E-state index contributed by atoms with van der Waals surface area (Å²) in [4.78, 5) is 57.6. The van der Waals surface area contributed by atoms with Crippen LogP contribution in [0, 0.1) is 19.3 Å². The predicted octanol–water partition coefficient (Wildman–Crippen LogP) is 8.26. The molecule has 0 saturated carbocycles. The number of ether oxygens (including phenoxy) is 3. The Balaban J connectivity index is 0.000000250. The fourth-order valence-electron chi connectivity index (χ4n) is 7.22. The summed E-state index contributed by atoms with van der Waals surface area (Å²) in [5.74, 6) is 2.59. The molecule has 6 rings (SSSR count). The predicted molar refractivity (Wildman–Crippen MR) is 270 cm³/mol. The monoisotopic (exact) mass is 1080 g/mol. The molecule has 2 aliphatic rings. The number of halogens is 5. The largest absolute Gasteiger partial charge is 0.480 e. The fraction of sp³-hybridized carbons (Fsp3) is 0.500. The maximum absolute atomic E-state index is 12.5. The van der Waals surface area contributed by atoms with Crippen LogP contribution in [-0.4, -0.2) is 115 Å². The molecule has 0 spiro atoms. The molecule has 69 heavy (non-hydrogen) atoms. The maximum Gasteiger partial charge on any atom is 0.350 e. The molecule has 0 aliphatic carbocycles. The number of furan rings is 1. The van der Waals surface area contributed by atoms with E-state index >= 15 is 0 Å². The van der Waals surface area contributed by atoms with Crippen molar-refractivity contribution in [3.8, 4) is 23.8 Å². The molecule has 0 bridgehead atoms. The number of carboxylic acid groups (broad SMARTS) is 1. The van der Waals surface area contributed by atoms with E-state index in [0.29, 0.717) is 46.9 Å². The molecular formula is C46H60Cl5N6O11P. The van der Waals surface area contributed by atoms with Crippen LogP contribution in [0.1, 0.15) is 75.8 Å². The number of terminal acetylenes is 1. The molecule has 4 heterocycles. The van der Waals surface area contributed by atoms with Crippen LogP contribution in [0.15, 0.2) is 57.9 Å². The molecule has 4 atom stereocenters. The standard InChI is InChI=1S/C15H13Cl2N3O2.C15H22ClNO2.C11H13Cl2NO3.C5H12NO4P/c1-2-7-22-13-9-12(10(16)8-11(13)17)20-15(21)19-6-4-3-5-14(19)18-20;1-5-13-8-6-7-11(2)15(13)17(14(18)9-16)12(3)10-19-4;1-11(2)14(10(15)9(12)13)6-8(17-11)7-4-3-5-16-7;1-11(9,10)3-2-4(6)5(7)8/h1,8-9H,3-7H2;6-8,12H,5,9-10H2,1-4H3;3-5,8-9H,6H2,1-2H3;4H,2-3,6H2,1H3,(H,7,8)(H,9,10). The highest BCUT2D eigenvalue weighted by molar-refractivity contribution is 7.57. The van der Waals surface area contributed by atoms with Crippen LogP contribution in [0.25, 0.3) is 5.69 Å². The number of fused-ring (bicyclic) bond motifs is 1. The van der Waals surface area contributed by atoms with Crippen LogP contribution in [-0.2, 0) is 47.8 Å². The van der Waals surface area contributed by atoms with Crippen molar-refractivity contribution in [2.75, 3.05) is 50.5 Å². The van der Waals surface area contributed by atoms with Crippen molar-refractivity contribution in [2.45, 2.75) is 102 Å². The van der Waals surface area contributed by atoms with Gasteiger partial charge in [-0.15, -0.1) is 23.1 Å². The third-order valence-electron chi connectivity index (χ3n) is 10.6. The number of carbonyl (C=O) groups is 3. The van der Waals surface area contributed by atoms with Crippen LogP contribution >= 0.6 is 65.4 Å². The summed E-state index contributed by atoms with van der Waals surface area (Å²) < 4.78 is 35.2. The zero-order valence-electron chi connectivity index (χ0n) is 39.5. The van der Waals surface area contributed by atoms with E-state index < -0.39 is 29.9 Å². The summed E-state index contributed by atoms with van der Waals surface area (Å²) in [6, 6.07) is 11.7. The van der Waals surface area contributed by atoms with Gasteiger partial charge in [0.25, 0.3) is 5.91 Å². The Bertz CT molecular complexity index is 2490. The maximum atomic E-state index is 12.5. The Morgan fingerprint density at radius 1 is 1.14 bits per heavy atom. The minimum absolute atomic E-state index is 0.0223. The van der Waals surface area contributed by atoms with Gasteiger partial charge in [-0.3, -0.25) is 23.5 Å². The Hall–Kier alpha value is -4.05. The van der Waals surface area contributed by atoms with Crippen molar-refractivity contribution in [3.63, 3.8) is 0 Å². The molecule has 2 amide bonds. The SMILES string of the molecule is C#CCOc1cc(-n2nc3n(c2=O)CCCC3)c(Cl)cc1Cl.CC1(C)OC(c2ccco2)CN1C(=O)C(Cl)Cl.CCc1cccc(C)c1N(C(=O)CCl)C(C)COC.CP(=O)(O)CCC(N)C(=O)O. The number of hydrogen-bond donors (Lipinski definition) is 3. The van der Waals surface area contributed by atoms with Crippen molar-refractivity contribution in [1.82, 2.24) is 19.2 Å². The van der Waals surface area contributed by atoms with E-state index in [1.807, 2.05) is 32.0 Å². The number of nitrogens with zero attached hydrogens (tertiary/aromatic N) is 5. The van der Waals surface area contributed by atoms with Gasteiger partial charge in [-0.1, -0.05) is 77.4 Å². The van der Waals surface area contributed by atoms with Gasteiger partial charge in [-0.2, -0.15) is 4.68 Å². The summed E-state index contributed by atoms with van der Waals surface area (Å²) in [7, 11) is -1.47. The number of anilines is 1. The number of para-hydroxylation sites is 1. The zero-order valence-corrected chi connectivity index (χ0v) is 44.2. The Morgan fingerprint density at radius 2 is 1.84 bits per heavy atom. The number of aryl methyl sites for hydroxylation is 3. The number of amides is 2. The third-order valence-corrected chi connectivity index (χ3v) is 12.9. The van der Waals surface area contributed by atoms with Crippen molar-refractivity contribution in [2.24, 2.45) is 5.73 Å². The van der Waals surface area contributed by atoms with Gasteiger partial charge in [0, 0.05) is 39.0 Å². The lowest BCUT2D eigenvalue weighted by molar-refractivity contribution is -0.144. The number of aliphatic carboxylic acids is 1. The lowest BCUT2D eigenvalue weighted by atomic mass is 10.0. The van der Waals surface area contributed by atoms with Crippen molar-refractivity contribution < 1.29 is 47.6 Å². The average molecular weight is 1080 g/mol. The molecule has 1 saturated heterocycles. The number of carbonyl (C=O) groups excluding carboxylic acids is 2. The van der Waals surface area contributed by atoms with Gasteiger partial charge >= 0.3 is 11.7 Å². The number of nitrogens with two attached hydrogens (primary N) is 1. The normalized spacial score (nSPS) is 16.4. The van der Waals surface area contributed by atoms with Gasteiger partial charge in [0.15, 0.2) is 12.2 Å². The van der Waals surface area contributed by atoms with E-state index in [1.54, 1.807) is 48.8 Å². The molecule has 17 nitrogen and oxygen atoms in total. The summed E-state index contributed by atoms with van der Waals surface area (Å²) in [5.41, 5.74) is 7.79. The van der Waals surface area contributed by atoms with Crippen molar-refractivity contribution in [1.29, 1.82) is 0 Å². The molecule has 0 radical (unpaired) electrons. The molecule has 2 aliphatic heterocycles. The number of benzene rings is 2. The second-order valence-electron chi connectivity index (χ2n) is 16.4. The van der Waals surface area contributed by atoms with E-state index in [1.165, 1.54) is 22.3 Å². The van der Waals surface area contributed by atoms with E-state index in [4.69, 9.17) is 98.8 Å². The average Bonchev–Trinajstić information content (AvgIpc) is 4.03. The second-order valence-corrected chi connectivity index (χ2v) is 21.1. The van der Waals surface area contributed by atoms with Gasteiger partial charge in [-0.25, -0.2) is 4.79 Å². The van der Waals surface area contributed by atoms with Crippen molar-refractivity contribution in [3.05, 3.63) is 92.0 Å². The molecule has 4 aromatic rings. The highest BCUT2D eigenvalue weighted by Gasteiger charge is 2.45. The van der Waals surface area contributed by atoms with Crippen LogP contribution < -0.4 is 21.1 Å². The molecule has 2 aromatic heterocycles. The van der Waals surface area contributed by atoms with E-state index in [-0.39, 0.29) is 54.7 Å². The van der Waals surface area contributed by atoms with Gasteiger partial charge in [0.1, 0.15) is 47.7 Å². The quantitative estimate of drug-likeness (QED) is 0.0580. The number of alkyl halides is 3.